The number of ether oxygens (including phenoxy) is 1. The number of anilines is 2. The number of hydrogen-bond donors (Lipinski definition) is 2. The van der Waals surface area contributed by atoms with E-state index >= 15 is 0 Å². The largest absolute Gasteiger partial charge is 0.383 e. The van der Waals surface area contributed by atoms with Crippen LogP contribution in [0.5, 0.6) is 0 Å². The molecule has 0 spiro atoms. The zero-order chi connectivity index (χ0) is 24.6. The number of carbonyl (C=O) groups is 1. The van der Waals surface area contributed by atoms with Gasteiger partial charge in [0.1, 0.15) is 17.7 Å². The van der Waals surface area contributed by atoms with Gasteiger partial charge in [0, 0.05) is 30.6 Å². The lowest BCUT2D eigenvalue weighted by molar-refractivity contribution is -0.122. The lowest BCUT2D eigenvalue weighted by Gasteiger charge is -2.33. The second-order valence-electron chi connectivity index (χ2n) is 8.36. The van der Waals surface area contributed by atoms with E-state index in [1.54, 1.807) is 25.4 Å². The number of methoxy groups -OCH3 is 1. The van der Waals surface area contributed by atoms with Crippen LogP contribution in [0.3, 0.4) is 0 Å². The maximum atomic E-state index is 13.6. The average Bonchev–Trinajstić information content (AvgIpc) is 2.86. The van der Waals surface area contributed by atoms with Crippen LogP contribution in [0, 0.1) is 11.3 Å². The summed E-state index contributed by atoms with van der Waals surface area (Å²) in [5, 5.41) is 12.0. The van der Waals surface area contributed by atoms with Gasteiger partial charge in [-0.2, -0.15) is 5.26 Å². The predicted octanol–water partition coefficient (Wildman–Crippen LogP) is 5.22. The SMILES string of the molecule is CCCC(CCC)(C(=O)Nc1ccc(C#N)cn1)c1ccc(-c2cnc(N)c(COC)c2)cc1. The third kappa shape index (κ3) is 5.41. The number of hydrogen-bond acceptors (Lipinski definition) is 6. The van der Waals surface area contributed by atoms with E-state index in [4.69, 9.17) is 15.7 Å². The van der Waals surface area contributed by atoms with E-state index in [0.29, 0.717) is 36.6 Å². The zero-order valence-electron chi connectivity index (χ0n) is 20.0. The molecule has 0 bridgehead atoms. The molecule has 0 aliphatic heterocycles. The first-order valence-corrected chi connectivity index (χ1v) is 11.5. The summed E-state index contributed by atoms with van der Waals surface area (Å²) in [7, 11) is 1.63. The molecule has 176 valence electrons. The molecule has 2 aromatic heterocycles. The van der Waals surface area contributed by atoms with Crippen molar-refractivity contribution in [3.63, 3.8) is 0 Å². The molecule has 1 aromatic carbocycles. The summed E-state index contributed by atoms with van der Waals surface area (Å²) in [6, 6.07) is 15.4. The molecule has 2 heterocycles. The highest BCUT2D eigenvalue weighted by Crippen LogP contribution is 2.37. The minimum absolute atomic E-state index is 0.0855. The number of rotatable bonds is 10. The predicted molar refractivity (Wildman–Crippen MR) is 134 cm³/mol. The van der Waals surface area contributed by atoms with Crippen molar-refractivity contribution in [2.45, 2.75) is 51.6 Å². The number of benzene rings is 1. The molecule has 0 atom stereocenters. The Bertz CT molecular complexity index is 1150. The third-order valence-electron chi connectivity index (χ3n) is 5.99. The first-order chi connectivity index (χ1) is 16.5. The topological polar surface area (TPSA) is 114 Å². The Labute approximate surface area is 201 Å². The molecule has 3 N–H and O–H groups in total. The molecule has 0 aliphatic carbocycles. The molecule has 7 heteroatoms. The maximum Gasteiger partial charge on any atom is 0.236 e. The fraction of sp³-hybridized carbons (Fsp3) is 0.333. The van der Waals surface area contributed by atoms with E-state index in [2.05, 4.69) is 29.1 Å². The average molecular weight is 458 g/mol. The van der Waals surface area contributed by atoms with Gasteiger partial charge in [0.2, 0.25) is 5.91 Å². The van der Waals surface area contributed by atoms with E-state index in [1.165, 1.54) is 6.20 Å². The second kappa shape index (κ2) is 11.4. The van der Waals surface area contributed by atoms with Gasteiger partial charge >= 0.3 is 0 Å². The highest BCUT2D eigenvalue weighted by atomic mass is 16.5. The molecule has 3 aromatic rings. The van der Waals surface area contributed by atoms with Crippen LogP contribution in [0.1, 0.15) is 56.2 Å². The highest BCUT2D eigenvalue weighted by Gasteiger charge is 2.38. The van der Waals surface area contributed by atoms with Crippen molar-refractivity contribution in [1.82, 2.24) is 9.97 Å². The molecule has 0 saturated heterocycles. The molecular formula is C27H31N5O2. The van der Waals surface area contributed by atoms with Crippen molar-refractivity contribution in [2.75, 3.05) is 18.2 Å². The fourth-order valence-electron chi connectivity index (χ4n) is 4.33. The number of carbonyl (C=O) groups excluding carboxylic acids is 1. The number of nitrogens with zero attached hydrogens (tertiary/aromatic N) is 3. The number of amides is 1. The van der Waals surface area contributed by atoms with Crippen molar-refractivity contribution < 1.29 is 9.53 Å². The summed E-state index contributed by atoms with van der Waals surface area (Å²) in [4.78, 5) is 22.1. The number of nitrogens with one attached hydrogen (secondary N) is 1. The van der Waals surface area contributed by atoms with E-state index < -0.39 is 5.41 Å². The number of nitriles is 1. The van der Waals surface area contributed by atoms with Gasteiger partial charge in [-0.15, -0.1) is 0 Å². The number of aromatic nitrogens is 2. The van der Waals surface area contributed by atoms with Crippen molar-refractivity contribution in [1.29, 1.82) is 5.26 Å². The van der Waals surface area contributed by atoms with Crippen LogP contribution < -0.4 is 11.1 Å². The van der Waals surface area contributed by atoms with Gasteiger partial charge in [-0.25, -0.2) is 9.97 Å². The number of nitrogens with two attached hydrogens (primary N) is 1. The number of pyridine rings is 2. The normalized spacial score (nSPS) is 11.1. The third-order valence-corrected chi connectivity index (χ3v) is 5.99. The zero-order valence-corrected chi connectivity index (χ0v) is 20.0. The van der Waals surface area contributed by atoms with E-state index in [-0.39, 0.29) is 5.91 Å². The smallest absolute Gasteiger partial charge is 0.236 e. The number of nitrogen functional groups attached to an aromatic ring is 1. The molecule has 0 unspecified atom stereocenters. The summed E-state index contributed by atoms with van der Waals surface area (Å²) < 4.78 is 5.22. The molecule has 34 heavy (non-hydrogen) atoms. The Hall–Kier alpha value is -3.76. The Kier molecular flexibility index (Phi) is 8.34. The van der Waals surface area contributed by atoms with Crippen molar-refractivity contribution >= 4 is 17.5 Å². The molecule has 0 radical (unpaired) electrons. The van der Waals surface area contributed by atoms with Gasteiger partial charge in [0.25, 0.3) is 0 Å². The lowest BCUT2D eigenvalue weighted by Crippen LogP contribution is -2.40. The molecule has 3 rings (SSSR count). The first-order valence-electron chi connectivity index (χ1n) is 11.5. The Morgan fingerprint density at radius 2 is 1.76 bits per heavy atom. The van der Waals surface area contributed by atoms with Crippen LogP contribution in [0.2, 0.25) is 0 Å². The molecule has 1 amide bonds. The minimum atomic E-state index is -0.682. The standard InChI is InChI=1S/C27H31N5O2/c1-4-12-27(13-5-2,26(33)32-24-11-6-19(15-28)16-30-24)23-9-7-20(8-10-23)21-14-22(18-34-3)25(29)31-17-21/h6-11,14,16-17H,4-5,12-13,18H2,1-3H3,(H2,29,31)(H,30,32,33). The molecule has 0 fully saturated rings. The van der Waals surface area contributed by atoms with Crippen LogP contribution >= 0.6 is 0 Å². The van der Waals surface area contributed by atoms with Gasteiger partial charge in [-0.3, -0.25) is 4.79 Å². The molecule has 7 nitrogen and oxygen atoms in total. The summed E-state index contributed by atoms with van der Waals surface area (Å²) >= 11 is 0. The maximum absolute atomic E-state index is 13.6. The fourth-order valence-corrected chi connectivity index (χ4v) is 4.33. The van der Waals surface area contributed by atoms with Gasteiger partial charge in [0.05, 0.1) is 17.6 Å². The monoisotopic (exact) mass is 457 g/mol. The van der Waals surface area contributed by atoms with Crippen molar-refractivity contribution in [2.24, 2.45) is 0 Å². The summed E-state index contributed by atoms with van der Waals surface area (Å²) in [6.07, 6.45) is 6.35. The van der Waals surface area contributed by atoms with Crippen LogP contribution in [-0.4, -0.2) is 23.0 Å². The first kappa shape index (κ1) is 24.9. The van der Waals surface area contributed by atoms with Crippen LogP contribution in [-0.2, 0) is 21.6 Å². The van der Waals surface area contributed by atoms with Gasteiger partial charge in [-0.1, -0.05) is 51.0 Å². The minimum Gasteiger partial charge on any atom is -0.383 e. The highest BCUT2D eigenvalue weighted by molar-refractivity contribution is 5.98. The lowest BCUT2D eigenvalue weighted by atomic mass is 9.72. The quantitative estimate of drug-likeness (QED) is 0.431. The summed E-state index contributed by atoms with van der Waals surface area (Å²) in [6.45, 7) is 4.57. The Morgan fingerprint density at radius 1 is 1.06 bits per heavy atom. The van der Waals surface area contributed by atoms with E-state index in [0.717, 1.165) is 35.1 Å². The van der Waals surface area contributed by atoms with Crippen LogP contribution in [0.4, 0.5) is 11.6 Å². The Balaban J connectivity index is 1.94. The summed E-state index contributed by atoms with van der Waals surface area (Å²) in [5.74, 6) is 0.814. The van der Waals surface area contributed by atoms with Crippen LogP contribution in [0.15, 0.2) is 54.9 Å². The molecular weight excluding hydrogens is 426 g/mol. The van der Waals surface area contributed by atoms with E-state index in [1.807, 2.05) is 36.4 Å². The molecule has 0 saturated carbocycles. The van der Waals surface area contributed by atoms with Crippen molar-refractivity contribution in [3.8, 4) is 17.2 Å². The Morgan fingerprint density at radius 3 is 2.32 bits per heavy atom. The van der Waals surface area contributed by atoms with Gasteiger partial charge < -0.3 is 15.8 Å². The van der Waals surface area contributed by atoms with Gasteiger partial charge in [-0.05, 0) is 42.2 Å². The van der Waals surface area contributed by atoms with Crippen LogP contribution in [0.25, 0.3) is 11.1 Å². The van der Waals surface area contributed by atoms with Gasteiger partial charge in [0.15, 0.2) is 0 Å². The van der Waals surface area contributed by atoms with E-state index in [9.17, 15) is 4.79 Å². The second-order valence-corrected chi connectivity index (χ2v) is 8.36. The molecule has 0 aliphatic rings. The summed E-state index contributed by atoms with van der Waals surface area (Å²) in [5.41, 5.74) is 9.46. The van der Waals surface area contributed by atoms with Crippen molar-refractivity contribution in [3.05, 3.63) is 71.5 Å².